The molecule has 15 heavy (non-hydrogen) atoms. The fourth-order valence-electron chi connectivity index (χ4n) is 2.38. The zero-order chi connectivity index (χ0) is 11.4. The Kier molecular flexibility index (Phi) is 2.23. The van der Waals surface area contributed by atoms with Gasteiger partial charge >= 0.3 is 5.97 Å². The molecule has 2 unspecified atom stereocenters. The molecule has 6 heteroatoms. The first-order valence-corrected chi connectivity index (χ1v) is 5.01. The van der Waals surface area contributed by atoms with Crippen LogP contribution < -0.4 is 0 Å². The Morgan fingerprint density at radius 1 is 1.33 bits per heavy atom. The standard InChI is InChI=1S/C9H10ClF3O2/c1-15-7(14)6-4-2-8(10,11)9(12,13)3-5(4)6/h4-6H,2-3H2,1H3/t4?,5?,6-,8-/m1/s1. The number of fused-ring (bicyclic) bond motifs is 1. The Balaban J connectivity index is 2.12. The number of hydrogen-bond donors (Lipinski definition) is 0. The van der Waals surface area contributed by atoms with Crippen LogP contribution >= 0.6 is 11.6 Å². The van der Waals surface area contributed by atoms with Crippen LogP contribution in [0.25, 0.3) is 0 Å². The maximum atomic E-state index is 13.3. The second-order valence-electron chi connectivity index (χ2n) is 4.19. The molecule has 0 amide bonds. The van der Waals surface area contributed by atoms with E-state index in [0.29, 0.717) is 0 Å². The number of rotatable bonds is 1. The molecule has 0 aliphatic heterocycles. The second-order valence-corrected chi connectivity index (χ2v) is 4.79. The summed E-state index contributed by atoms with van der Waals surface area (Å²) < 4.78 is 44.1. The number of esters is 1. The molecule has 2 aliphatic carbocycles. The van der Waals surface area contributed by atoms with Gasteiger partial charge in [-0.3, -0.25) is 4.79 Å². The third kappa shape index (κ3) is 1.51. The van der Waals surface area contributed by atoms with Crippen LogP contribution in [0.4, 0.5) is 13.2 Å². The van der Waals surface area contributed by atoms with Gasteiger partial charge in [-0.25, -0.2) is 13.2 Å². The van der Waals surface area contributed by atoms with Gasteiger partial charge in [0.2, 0.25) is 5.13 Å². The predicted octanol–water partition coefficient (Wildman–Crippen LogP) is 2.36. The van der Waals surface area contributed by atoms with E-state index in [1.54, 1.807) is 0 Å². The summed E-state index contributed by atoms with van der Waals surface area (Å²) in [6, 6.07) is 0. The van der Waals surface area contributed by atoms with Crippen molar-refractivity contribution in [1.82, 2.24) is 0 Å². The first-order valence-electron chi connectivity index (χ1n) is 4.63. The van der Waals surface area contributed by atoms with Crippen LogP contribution in [-0.2, 0) is 9.53 Å². The van der Waals surface area contributed by atoms with E-state index in [-0.39, 0.29) is 5.92 Å². The summed E-state index contributed by atoms with van der Waals surface area (Å²) in [6.45, 7) is 0. The summed E-state index contributed by atoms with van der Waals surface area (Å²) in [5.74, 6) is -5.57. The molecule has 2 fully saturated rings. The maximum Gasteiger partial charge on any atom is 0.309 e. The molecule has 0 N–H and O–H groups in total. The third-order valence-electron chi connectivity index (χ3n) is 3.32. The number of carbonyl (C=O) groups excluding carboxylic acids is 1. The topological polar surface area (TPSA) is 26.3 Å². The van der Waals surface area contributed by atoms with E-state index in [9.17, 15) is 18.0 Å². The van der Waals surface area contributed by atoms with E-state index in [2.05, 4.69) is 4.74 Å². The molecule has 2 aliphatic rings. The molecular weight excluding hydrogens is 233 g/mol. The van der Waals surface area contributed by atoms with Crippen molar-refractivity contribution in [2.45, 2.75) is 23.9 Å². The van der Waals surface area contributed by atoms with E-state index < -0.39 is 41.7 Å². The lowest BCUT2D eigenvalue weighted by molar-refractivity contribution is -0.142. The molecular formula is C9H10ClF3O2. The number of methoxy groups -OCH3 is 1. The molecule has 2 nitrogen and oxygen atoms in total. The maximum absolute atomic E-state index is 13.3. The van der Waals surface area contributed by atoms with Gasteiger partial charge in [-0.2, -0.15) is 0 Å². The Bertz CT molecular complexity index is 284. The second kappa shape index (κ2) is 3.03. The Morgan fingerprint density at radius 3 is 2.33 bits per heavy atom. The van der Waals surface area contributed by atoms with Crippen LogP contribution in [0, 0.1) is 17.8 Å². The monoisotopic (exact) mass is 242 g/mol. The average Bonchev–Trinajstić information content (AvgIpc) is 2.74. The molecule has 4 atom stereocenters. The van der Waals surface area contributed by atoms with Crippen LogP contribution in [0.2, 0.25) is 0 Å². The van der Waals surface area contributed by atoms with Crippen LogP contribution in [0.3, 0.4) is 0 Å². The fraction of sp³-hybridized carbons (Fsp3) is 0.889. The molecule has 0 aromatic rings. The average molecular weight is 243 g/mol. The smallest absolute Gasteiger partial charge is 0.309 e. The summed E-state index contributed by atoms with van der Waals surface area (Å²) in [5.41, 5.74) is 0. The van der Waals surface area contributed by atoms with E-state index in [4.69, 9.17) is 11.6 Å². The number of carbonyl (C=O) groups is 1. The van der Waals surface area contributed by atoms with Crippen molar-refractivity contribution in [3.05, 3.63) is 0 Å². The van der Waals surface area contributed by atoms with Gasteiger partial charge in [0, 0.05) is 12.8 Å². The van der Waals surface area contributed by atoms with E-state index >= 15 is 0 Å². The highest BCUT2D eigenvalue weighted by molar-refractivity contribution is 6.23. The van der Waals surface area contributed by atoms with Gasteiger partial charge in [0.25, 0.3) is 5.92 Å². The Hall–Kier alpha value is -0.450. The quantitative estimate of drug-likeness (QED) is 0.521. The molecule has 0 radical (unpaired) electrons. The van der Waals surface area contributed by atoms with Crippen molar-refractivity contribution in [1.29, 1.82) is 0 Å². The molecule has 0 aromatic heterocycles. The normalized spacial score (nSPS) is 46.9. The minimum atomic E-state index is -3.56. The van der Waals surface area contributed by atoms with Gasteiger partial charge in [0.15, 0.2) is 0 Å². The summed E-state index contributed by atoms with van der Waals surface area (Å²) in [7, 11) is 1.19. The molecule has 2 rings (SSSR count). The summed E-state index contributed by atoms with van der Waals surface area (Å²) in [4.78, 5) is 11.1. The first kappa shape index (κ1) is 11.0. The van der Waals surface area contributed by atoms with Gasteiger partial charge in [-0.15, -0.1) is 0 Å². The Morgan fingerprint density at radius 2 is 1.87 bits per heavy atom. The van der Waals surface area contributed by atoms with Crippen molar-refractivity contribution in [3.63, 3.8) is 0 Å². The fourth-order valence-corrected chi connectivity index (χ4v) is 2.63. The Labute approximate surface area is 89.7 Å². The van der Waals surface area contributed by atoms with Gasteiger partial charge in [0.1, 0.15) is 0 Å². The van der Waals surface area contributed by atoms with Crippen molar-refractivity contribution in [2.75, 3.05) is 7.11 Å². The highest BCUT2D eigenvalue weighted by Crippen LogP contribution is 2.64. The summed E-state index contributed by atoms with van der Waals surface area (Å²) >= 11 is 5.13. The van der Waals surface area contributed by atoms with Gasteiger partial charge in [0.05, 0.1) is 13.0 Å². The van der Waals surface area contributed by atoms with E-state index in [1.165, 1.54) is 7.11 Å². The van der Waals surface area contributed by atoms with Crippen LogP contribution in [-0.4, -0.2) is 24.1 Å². The first-order chi connectivity index (χ1) is 6.80. The highest BCUT2D eigenvalue weighted by Gasteiger charge is 2.70. The number of ether oxygens (including phenoxy) is 1. The SMILES string of the molecule is COC(=O)[C@H]1C2CC(F)(F)[C@@](F)(Cl)CC21. The number of halogens is 4. The lowest BCUT2D eigenvalue weighted by Crippen LogP contribution is -2.43. The zero-order valence-electron chi connectivity index (χ0n) is 7.97. The predicted molar refractivity (Wildman–Crippen MR) is 46.4 cm³/mol. The molecule has 0 aromatic carbocycles. The number of alkyl halides is 4. The van der Waals surface area contributed by atoms with Gasteiger partial charge in [-0.1, -0.05) is 11.6 Å². The summed E-state index contributed by atoms with van der Waals surface area (Å²) in [6.07, 6.45) is -1.15. The van der Waals surface area contributed by atoms with Crippen molar-refractivity contribution in [3.8, 4) is 0 Å². The third-order valence-corrected chi connectivity index (χ3v) is 3.75. The minimum Gasteiger partial charge on any atom is -0.469 e. The highest BCUT2D eigenvalue weighted by atomic mass is 35.5. The van der Waals surface area contributed by atoms with Crippen molar-refractivity contribution < 1.29 is 22.7 Å². The van der Waals surface area contributed by atoms with Gasteiger partial charge in [-0.05, 0) is 11.8 Å². The number of hydrogen-bond acceptors (Lipinski definition) is 2. The lowest BCUT2D eigenvalue weighted by atomic mass is 9.94. The van der Waals surface area contributed by atoms with Crippen LogP contribution in [0.5, 0.6) is 0 Å². The lowest BCUT2D eigenvalue weighted by Gasteiger charge is -2.31. The van der Waals surface area contributed by atoms with Crippen molar-refractivity contribution >= 4 is 17.6 Å². The van der Waals surface area contributed by atoms with Crippen LogP contribution in [0.15, 0.2) is 0 Å². The molecule has 0 saturated heterocycles. The largest absolute Gasteiger partial charge is 0.469 e. The minimum absolute atomic E-state index is 0.389. The molecule has 2 saturated carbocycles. The van der Waals surface area contributed by atoms with E-state index in [1.807, 2.05) is 0 Å². The molecule has 86 valence electrons. The molecule has 0 bridgehead atoms. The van der Waals surface area contributed by atoms with Crippen molar-refractivity contribution in [2.24, 2.45) is 17.8 Å². The molecule has 0 heterocycles. The zero-order valence-corrected chi connectivity index (χ0v) is 8.73. The summed E-state index contributed by atoms with van der Waals surface area (Å²) in [5, 5.41) is -3.02. The van der Waals surface area contributed by atoms with Crippen LogP contribution in [0.1, 0.15) is 12.8 Å². The molecule has 0 spiro atoms. The van der Waals surface area contributed by atoms with E-state index in [0.717, 1.165) is 0 Å². The van der Waals surface area contributed by atoms with Gasteiger partial charge < -0.3 is 4.74 Å².